The van der Waals surface area contributed by atoms with Crippen LogP contribution in [0.4, 0.5) is 0 Å². The van der Waals surface area contributed by atoms with Crippen molar-refractivity contribution >= 4 is 59.7 Å². The molecule has 214 valence electrons. The maximum atomic E-state index is 5.14. The van der Waals surface area contributed by atoms with Crippen LogP contribution in [0.15, 0.2) is 137 Å². The lowest BCUT2D eigenvalue weighted by Crippen LogP contribution is -2.74. The fraction of sp³-hybridized carbons (Fsp3) is 0.135. The Hall–Kier alpha value is -3.84. The van der Waals surface area contributed by atoms with Crippen molar-refractivity contribution in [2.45, 2.75) is 23.6 Å². The van der Waals surface area contributed by atoms with Gasteiger partial charge in [-0.1, -0.05) is 139 Å². The molecule has 2 heterocycles. The van der Waals surface area contributed by atoms with Crippen molar-refractivity contribution in [2.75, 3.05) is 18.9 Å². The average Bonchev–Trinajstić information content (AvgIpc) is 3.07. The Kier molecular flexibility index (Phi) is 8.98. The third kappa shape index (κ3) is 5.87. The Bertz CT molecular complexity index is 1680. The van der Waals surface area contributed by atoms with E-state index in [-0.39, 0.29) is 0 Å². The summed E-state index contributed by atoms with van der Waals surface area (Å²) in [6.07, 6.45) is 4.46. The van der Waals surface area contributed by atoms with E-state index in [1.165, 1.54) is 47.6 Å². The molecule has 5 aromatic rings. The third-order valence-electron chi connectivity index (χ3n) is 7.99. The number of fused-ring (bicyclic) bond motifs is 2. The van der Waals surface area contributed by atoms with Gasteiger partial charge in [0.05, 0.1) is 5.56 Å². The lowest BCUT2D eigenvalue weighted by Gasteiger charge is -2.31. The molecule has 7 rings (SSSR count). The Morgan fingerprint density at radius 3 is 1.44 bits per heavy atom. The van der Waals surface area contributed by atoms with E-state index in [9.17, 15) is 0 Å². The molecule has 43 heavy (non-hydrogen) atoms. The second-order valence-electron chi connectivity index (χ2n) is 10.7. The minimum atomic E-state index is -2.45. The van der Waals surface area contributed by atoms with Gasteiger partial charge in [0.2, 0.25) is 12.1 Å². The van der Waals surface area contributed by atoms with Gasteiger partial charge in [-0.25, -0.2) is 0 Å². The summed E-state index contributed by atoms with van der Waals surface area (Å²) in [5.74, 6) is 1.82. The fourth-order valence-electron chi connectivity index (χ4n) is 5.94. The SMILES string of the molecule is CO[N+]1=Cc2cccc(C)c2SC1.Cc1cccc2c1SC[N+]([Si](c1ccccc1)(c1ccccc1)c1ccccc1)=C2. The first-order chi connectivity index (χ1) is 21.1. The van der Waals surface area contributed by atoms with Crippen LogP contribution >= 0.6 is 23.5 Å². The maximum Gasteiger partial charge on any atom is 0.457 e. The van der Waals surface area contributed by atoms with Crippen LogP contribution in [-0.2, 0) is 4.84 Å². The summed E-state index contributed by atoms with van der Waals surface area (Å²) in [5, 5.41) is 4.24. The Morgan fingerprint density at radius 1 is 0.535 bits per heavy atom. The van der Waals surface area contributed by atoms with Crippen LogP contribution in [-0.4, -0.2) is 48.5 Å². The number of hydrogen-bond acceptors (Lipinski definition) is 3. The number of thioether (sulfide) groups is 2. The van der Waals surface area contributed by atoms with Crippen molar-refractivity contribution in [3.8, 4) is 0 Å². The van der Waals surface area contributed by atoms with Crippen LogP contribution in [0.25, 0.3) is 0 Å². The summed E-state index contributed by atoms with van der Waals surface area (Å²) in [7, 11) is -0.760. The van der Waals surface area contributed by atoms with Gasteiger partial charge < -0.3 is 0 Å². The van der Waals surface area contributed by atoms with Crippen LogP contribution < -0.4 is 15.6 Å². The highest BCUT2D eigenvalue weighted by Crippen LogP contribution is 2.30. The Morgan fingerprint density at radius 2 is 0.977 bits per heavy atom. The Balaban J connectivity index is 0.000000211. The molecule has 0 aromatic heterocycles. The van der Waals surface area contributed by atoms with Crippen LogP contribution in [0, 0.1) is 13.8 Å². The van der Waals surface area contributed by atoms with E-state index in [1.54, 1.807) is 7.11 Å². The molecule has 0 saturated heterocycles. The van der Waals surface area contributed by atoms with Gasteiger partial charge in [-0.15, -0.1) is 0 Å². The number of rotatable bonds is 5. The van der Waals surface area contributed by atoms with Gasteiger partial charge >= 0.3 is 8.24 Å². The largest absolute Gasteiger partial charge is 0.457 e. The standard InChI is InChI=1S/C27H24NSSi.C10H12NOS/c1-22-12-11-13-23-20-28(21-29-27(22)23)30(24-14-5-2-6-15-24,25-16-7-3-8-17-25)26-18-9-4-10-19-26;1-8-4-3-5-9-6-11(12-2)7-13-10(8)9/h2-20H,21H2,1H3;3-6H,7H2,1-2H3/q2*+1. The molecular weight excluding hydrogens is 581 g/mol. The van der Waals surface area contributed by atoms with Crippen LogP contribution in [0.3, 0.4) is 0 Å². The van der Waals surface area contributed by atoms with Crippen molar-refractivity contribution in [3.05, 3.63) is 150 Å². The summed E-state index contributed by atoms with van der Waals surface area (Å²) < 4.78 is 4.49. The molecule has 0 bridgehead atoms. The van der Waals surface area contributed by atoms with Gasteiger partial charge in [0.15, 0.2) is 12.1 Å². The second-order valence-corrected chi connectivity index (χ2v) is 16.3. The van der Waals surface area contributed by atoms with Gasteiger partial charge in [0.1, 0.15) is 7.11 Å². The first-order valence-corrected chi connectivity index (χ1v) is 18.4. The van der Waals surface area contributed by atoms with Crippen molar-refractivity contribution in [1.29, 1.82) is 0 Å². The molecule has 2 aliphatic heterocycles. The van der Waals surface area contributed by atoms with Crippen LogP contribution in [0.2, 0.25) is 0 Å². The van der Waals surface area contributed by atoms with E-state index >= 15 is 0 Å². The summed E-state index contributed by atoms with van der Waals surface area (Å²) in [6, 6.07) is 46.3. The van der Waals surface area contributed by atoms with E-state index in [2.05, 4.69) is 152 Å². The molecule has 2 aliphatic rings. The van der Waals surface area contributed by atoms with E-state index in [0.717, 1.165) is 11.8 Å². The molecule has 3 nitrogen and oxygen atoms in total. The van der Waals surface area contributed by atoms with E-state index in [1.807, 2.05) is 34.5 Å². The zero-order valence-corrected chi connectivity index (χ0v) is 27.4. The van der Waals surface area contributed by atoms with Gasteiger partial charge in [0, 0.05) is 30.9 Å². The van der Waals surface area contributed by atoms with Gasteiger partial charge in [0.25, 0.3) is 0 Å². The molecule has 0 atom stereocenters. The van der Waals surface area contributed by atoms with Crippen molar-refractivity contribution in [3.63, 3.8) is 0 Å². The number of aryl methyl sites for hydroxylation is 2. The van der Waals surface area contributed by atoms with Gasteiger partial charge in [-0.2, -0.15) is 0 Å². The lowest BCUT2D eigenvalue weighted by molar-refractivity contribution is -0.764. The quantitative estimate of drug-likeness (QED) is 0.133. The topological polar surface area (TPSA) is 15.2 Å². The highest BCUT2D eigenvalue weighted by atomic mass is 32.2. The zero-order chi connectivity index (χ0) is 29.6. The normalized spacial score (nSPS) is 13.8. The monoisotopic (exact) mass is 616 g/mol. The smallest absolute Gasteiger partial charge is 0.289 e. The number of nitrogens with zero attached hydrogens (tertiary/aromatic N) is 2. The first-order valence-electron chi connectivity index (χ1n) is 14.5. The predicted octanol–water partition coefficient (Wildman–Crippen LogP) is 6.21. The molecular formula is C37H36N2OS2Si+2. The third-order valence-corrected chi connectivity index (χ3v) is 15.4. The minimum Gasteiger partial charge on any atom is -0.289 e. The van der Waals surface area contributed by atoms with Gasteiger partial charge in [-0.05, 0) is 41.8 Å². The predicted molar refractivity (Wildman–Crippen MR) is 186 cm³/mol. The van der Waals surface area contributed by atoms with Crippen molar-refractivity contribution < 1.29 is 13.8 Å². The maximum absolute atomic E-state index is 5.14. The van der Waals surface area contributed by atoms with Gasteiger partial charge in [-0.3, -0.25) is 9.08 Å². The highest BCUT2D eigenvalue weighted by Gasteiger charge is 2.54. The molecule has 5 aromatic carbocycles. The second kappa shape index (κ2) is 13.2. The molecule has 0 unspecified atom stereocenters. The zero-order valence-electron chi connectivity index (χ0n) is 24.8. The van der Waals surface area contributed by atoms with Crippen molar-refractivity contribution in [1.82, 2.24) is 0 Å². The fourth-order valence-corrected chi connectivity index (χ4v) is 13.2. The average molecular weight is 617 g/mol. The molecule has 0 radical (unpaired) electrons. The minimum absolute atomic E-state index is 0.869. The van der Waals surface area contributed by atoms with E-state index in [0.29, 0.717) is 0 Å². The summed E-state index contributed by atoms with van der Waals surface area (Å²) >= 11 is 3.78. The van der Waals surface area contributed by atoms with Crippen LogP contribution in [0.5, 0.6) is 0 Å². The highest BCUT2D eigenvalue weighted by molar-refractivity contribution is 7.99. The van der Waals surface area contributed by atoms with E-state index in [4.69, 9.17) is 4.84 Å². The molecule has 0 fully saturated rings. The molecule has 0 amide bonds. The van der Waals surface area contributed by atoms with Crippen molar-refractivity contribution in [2.24, 2.45) is 0 Å². The molecule has 0 spiro atoms. The number of hydrogen-bond donors (Lipinski definition) is 0. The Labute approximate surface area is 264 Å². The summed E-state index contributed by atoms with van der Waals surface area (Å²) in [5.41, 5.74) is 5.28. The number of hydroxylamine groups is 1. The molecule has 6 heteroatoms. The first kappa shape index (κ1) is 29.2. The summed E-state index contributed by atoms with van der Waals surface area (Å²) in [6.45, 7) is 4.35. The molecule has 0 aliphatic carbocycles. The lowest BCUT2D eigenvalue weighted by atomic mass is 10.1. The summed E-state index contributed by atoms with van der Waals surface area (Å²) in [4.78, 5) is 7.92. The molecule has 0 N–H and O–H groups in total. The van der Waals surface area contributed by atoms with E-state index < -0.39 is 8.24 Å². The molecule has 0 saturated carbocycles. The number of benzene rings is 5. The van der Waals surface area contributed by atoms with Crippen LogP contribution in [0.1, 0.15) is 22.3 Å².